The quantitative estimate of drug-likeness (QED) is 0.813. The summed E-state index contributed by atoms with van der Waals surface area (Å²) >= 11 is 0. The average Bonchev–Trinajstić information content (AvgIpc) is 3.33. The summed E-state index contributed by atoms with van der Waals surface area (Å²) in [5, 5.41) is 6.35. The molecule has 0 bridgehead atoms. The Hall–Kier alpha value is -2.37. The van der Waals surface area contributed by atoms with Crippen LogP contribution in [0.2, 0.25) is 0 Å². The highest BCUT2D eigenvalue weighted by atomic mass is 16.2. The number of hydrogen-bond donors (Lipinski definition) is 2. The minimum absolute atomic E-state index is 0.0156. The summed E-state index contributed by atoms with van der Waals surface area (Å²) in [5.41, 5.74) is 2.66. The summed E-state index contributed by atoms with van der Waals surface area (Å²) in [6, 6.07) is 21.5. The fourth-order valence-electron chi connectivity index (χ4n) is 4.28. The molecule has 0 aliphatic carbocycles. The van der Waals surface area contributed by atoms with Crippen LogP contribution in [-0.2, 0) is 13.1 Å². The molecular formula is C23H30N4O. The van der Waals surface area contributed by atoms with Crippen molar-refractivity contribution in [1.29, 1.82) is 0 Å². The highest BCUT2D eigenvalue weighted by molar-refractivity contribution is 5.74. The lowest BCUT2D eigenvalue weighted by molar-refractivity contribution is 0.231. The number of amides is 2. The Bertz CT molecular complexity index is 688. The van der Waals surface area contributed by atoms with Gasteiger partial charge in [-0.25, -0.2) is 4.79 Å². The van der Waals surface area contributed by atoms with Crippen molar-refractivity contribution < 1.29 is 4.79 Å². The summed E-state index contributed by atoms with van der Waals surface area (Å²) in [6.07, 6.45) is 2.04. The van der Waals surface area contributed by atoms with Gasteiger partial charge in [0.2, 0.25) is 0 Å². The molecule has 2 fully saturated rings. The van der Waals surface area contributed by atoms with E-state index in [1.54, 1.807) is 0 Å². The van der Waals surface area contributed by atoms with Crippen LogP contribution in [0.1, 0.15) is 24.0 Å². The third-order valence-corrected chi connectivity index (χ3v) is 5.71. The molecule has 0 radical (unpaired) electrons. The molecule has 0 unspecified atom stereocenters. The van der Waals surface area contributed by atoms with E-state index in [4.69, 9.17) is 0 Å². The number of rotatable bonds is 6. The Labute approximate surface area is 167 Å². The van der Waals surface area contributed by atoms with Gasteiger partial charge in [0.25, 0.3) is 0 Å². The average molecular weight is 379 g/mol. The first-order valence-electron chi connectivity index (χ1n) is 10.3. The number of hydrogen-bond acceptors (Lipinski definition) is 3. The van der Waals surface area contributed by atoms with Gasteiger partial charge in [-0.05, 0) is 24.0 Å². The standard InChI is InChI=1S/C23H30N4O/c28-23(24-21-11-13-26(17-21)15-19-7-3-1-4-8-19)25-22-12-14-27(18-22)16-20-9-5-2-6-10-20/h1-10,21-22H,11-18H2,(H2,24,25,28)/t21-,22-/m0/s1. The Balaban J connectivity index is 1.17. The topological polar surface area (TPSA) is 47.6 Å². The van der Waals surface area contributed by atoms with E-state index in [1.807, 2.05) is 12.1 Å². The number of carbonyl (C=O) groups is 1. The van der Waals surface area contributed by atoms with Crippen molar-refractivity contribution in [1.82, 2.24) is 20.4 Å². The van der Waals surface area contributed by atoms with E-state index >= 15 is 0 Å². The summed E-state index contributed by atoms with van der Waals surface area (Å²) in [5.74, 6) is 0. The fraction of sp³-hybridized carbons (Fsp3) is 0.435. The summed E-state index contributed by atoms with van der Waals surface area (Å²) in [4.78, 5) is 17.3. The molecule has 2 aliphatic rings. The number of urea groups is 1. The largest absolute Gasteiger partial charge is 0.334 e. The first-order chi connectivity index (χ1) is 13.7. The summed E-state index contributed by atoms with van der Waals surface area (Å²) in [6.45, 7) is 5.83. The zero-order chi connectivity index (χ0) is 19.2. The van der Waals surface area contributed by atoms with Gasteiger partial charge in [0, 0.05) is 51.4 Å². The van der Waals surface area contributed by atoms with Crippen molar-refractivity contribution in [2.75, 3.05) is 26.2 Å². The molecule has 2 aromatic rings. The number of carbonyl (C=O) groups excluding carboxylic acids is 1. The Morgan fingerprint density at radius 3 is 1.61 bits per heavy atom. The Kier molecular flexibility index (Phi) is 6.24. The number of nitrogens with one attached hydrogen (secondary N) is 2. The van der Waals surface area contributed by atoms with Crippen LogP contribution in [0.25, 0.3) is 0 Å². The smallest absolute Gasteiger partial charge is 0.315 e. The van der Waals surface area contributed by atoms with Crippen LogP contribution in [-0.4, -0.2) is 54.1 Å². The second kappa shape index (κ2) is 9.22. The van der Waals surface area contributed by atoms with Gasteiger partial charge in [-0.1, -0.05) is 60.7 Å². The maximum atomic E-state index is 12.4. The van der Waals surface area contributed by atoms with Crippen LogP contribution in [0.5, 0.6) is 0 Å². The van der Waals surface area contributed by atoms with Crippen LogP contribution in [0, 0.1) is 0 Å². The summed E-state index contributed by atoms with van der Waals surface area (Å²) in [7, 11) is 0. The van der Waals surface area contributed by atoms with Gasteiger partial charge in [-0.3, -0.25) is 9.80 Å². The molecule has 2 aliphatic heterocycles. The van der Waals surface area contributed by atoms with Gasteiger partial charge < -0.3 is 10.6 Å². The number of likely N-dealkylation sites (tertiary alicyclic amines) is 2. The maximum absolute atomic E-state index is 12.4. The van der Waals surface area contributed by atoms with E-state index in [9.17, 15) is 4.79 Å². The van der Waals surface area contributed by atoms with Gasteiger partial charge in [0.1, 0.15) is 0 Å². The molecule has 2 aromatic carbocycles. The Morgan fingerprint density at radius 2 is 1.18 bits per heavy atom. The van der Waals surface area contributed by atoms with Gasteiger partial charge >= 0.3 is 6.03 Å². The second-order valence-corrected chi connectivity index (χ2v) is 8.03. The molecule has 2 saturated heterocycles. The van der Waals surface area contributed by atoms with Gasteiger partial charge in [-0.2, -0.15) is 0 Å². The highest BCUT2D eigenvalue weighted by Gasteiger charge is 2.27. The van der Waals surface area contributed by atoms with Gasteiger partial charge in [-0.15, -0.1) is 0 Å². The van der Waals surface area contributed by atoms with E-state index in [1.165, 1.54) is 11.1 Å². The van der Waals surface area contributed by atoms with Crippen LogP contribution in [0.15, 0.2) is 60.7 Å². The number of nitrogens with zero attached hydrogens (tertiary/aromatic N) is 2. The van der Waals surface area contributed by atoms with Gasteiger partial charge in [0.05, 0.1) is 0 Å². The molecule has 28 heavy (non-hydrogen) atoms. The van der Waals surface area contributed by atoms with Crippen LogP contribution in [0.3, 0.4) is 0 Å². The predicted molar refractivity (Wildman–Crippen MR) is 112 cm³/mol. The van der Waals surface area contributed by atoms with Crippen molar-refractivity contribution in [3.8, 4) is 0 Å². The monoisotopic (exact) mass is 378 g/mol. The van der Waals surface area contributed by atoms with Crippen LogP contribution in [0.4, 0.5) is 4.79 Å². The van der Waals surface area contributed by atoms with Crippen LogP contribution >= 0.6 is 0 Å². The van der Waals surface area contributed by atoms with E-state index in [0.717, 1.165) is 52.1 Å². The SMILES string of the molecule is O=C(N[C@H]1CCN(Cc2ccccc2)C1)N[C@H]1CCN(Cc2ccccc2)C1. The lowest BCUT2D eigenvalue weighted by Crippen LogP contribution is -2.47. The van der Waals surface area contributed by atoms with Gasteiger partial charge in [0.15, 0.2) is 0 Å². The molecule has 2 amide bonds. The molecule has 5 nitrogen and oxygen atoms in total. The first kappa shape index (κ1) is 19.0. The molecule has 0 spiro atoms. The second-order valence-electron chi connectivity index (χ2n) is 8.03. The predicted octanol–water partition coefficient (Wildman–Crippen LogP) is 2.83. The van der Waals surface area contributed by atoms with Crippen molar-refractivity contribution in [2.45, 2.75) is 38.0 Å². The molecule has 4 rings (SSSR count). The molecule has 2 atom stereocenters. The Morgan fingerprint density at radius 1 is 0.750 bits per heavy atom. The van der Waals surface area contributed by atoms with E-state index < -0.39 is 0 Å². The first-order valence-corrected chi connectivity index (χ1v) is 10.3. The maximum Gasteiger partial charge on any atom is 0.315 e. The lowest BCUT2D eigenvalue weighted by Gasteiger charge is -2.19. The van der Waals surface area contributed by atoms with E-state index in [2.05, 4.69) is 69.0 Å². The molecule has 2 heterocycles. The zero-order valence-electron chi connectivity index (χ0n) is 16.4. The number of benzene rings is 2. The van der Waals surface area contributed by atoms with E-state index in [0.29, 0.717) is 0 Å². The molecule has 0 aromatic heterocycles. The van der Waals surface area contributed by atoms with Crippen LogP contribution < -0.4 is 10.6 Å². The minimum atomic E-state index is -0.0156. The third-order valence-electron chi connectivity index (χ3n) is 5.71. The van der Waals surface area contributed by atoms with Crippen molar-refractivity contribution >= 4 is 6.03 Å². The molecular weight excluding hydrogens is 348 g/mol. The minimum Gasteiger partial charge on any atom is -0.334 e. The normalized spacial score (nSPS) is 23.0. The van der Waals surface area contributed by atoms with Crippen molar-refractivity contribution in [3.05, 3.63) is 71.8 Å². The highest BCUT2D eigenvalue weighted by Crippen LogP contribution is 2.15. The van der Waals surface area contributed by atoms with E-state index in [-0.39, 0.29) is 18.1 Å². The fourth-order valence-corrected chi connectivity index (χ4v) is 4.28. The lowest BCUT2D eigenvalue weighted by atomic mass is 10.2. The molecule has 2 N–H and O–H groups in total. The molecule has 5 heteroatoms. The zero-order valence-corrected chi connectivity index (χ0v) is 16.4. The molecule has 0 saturated carbocycles. The van der Waals surface area contributed by atoms with Crippen molar-refractivity contribution in [2.24, 2.45) is 0 Å². The third kappa shape index (κ3) is 5.33. The summed E-state index contributed by atoms with van der Waals surface area (Å²) < 4.78 is 0. The van der Waals surface area contributed by atoms with Crippen molar-refractivity contribution in [3.63, 3.8) is 0 Å². The molecule has 148 valence electrons.